The van der Waals surface area contributed by atoms with Crippen molar-refractivity contribution in [2.45, 2.75) is 44.6 Å². The van der Waals surface area contributed by atoms with Crippen LogP contribution in [0.3, 0.4) is 0 Å². The van der Waals surface area contributed by atoms with Crippen molar-refractivity contribution in [3.63, 3.8) is 0 Å². The third-order valence-corrected chi connectivity index (χ3v) is 5.40. The van der Waals surface area contributed by atoms with Gasteiger partial charge in [0.15, 0.2) is 0 Å². The molecule has 0 unspecified atom stereocenters. The molecule has 0 bridgehead atoms. The number of carbonyl (C=O) groups excluding carboxylic acids is 1. The Morgan fingerprint density at radius 2 is 1.88 bits per heavy atom. The summed E-state index contributed by atoms with van der Waals surface area (Å²) in [5.41, 5.74) is 0. The molecule has 0 aromatic heterocycles. The summed E-state index contributed by atoms with van der Waals surface area (Å²) in [6.45, 7) is 0.485. The van der Waals surface area contributed by atoms with Gasteiger partial charge in [0.2, 0.25) is 15.9 Å². The van der Waals surface area contributed by atoms with E-state index in [1.54, 1.807) is 0 Å². The molecule has 5 nitrogen and oxygen atoms in total. The van der Waals surface area contributed by atoms with Gasteiger partial charge in [0.05, 0.1) is 12.3 Å². The van der Waals surface area contributed by atoms with Crippen molar-refractivity contribution in [1.29, 1.82) is 0 Å². The van der Waals surface area contributed by atoms with E-state index >= 15 is 0 Å². The molecule has 1 aliphatic carbocycles. The molecule has 0 spiro atoms. The van der Waals surface area contributed by atoms with Crippen LogP contribution in [0.25, 0.3) is 0 Å². The van der Waals surface area contributed by atoms with Gasteiger partial charge in [-0.3, -0.25) is 4.79 Å². The summed E-state index contributed by atoms with van der Waals surface area (Å²) in [7, 11) is -3.15. The quantitative estimate of drug-likeness (QED) is 0.802. The van der Waals surface area contributed by atoms with Gasteiger partial charge in [-0.2, -0.15) is 4.31 Å². The van der Waals surface area contributed by atoms with E-state index in [-0.39, 0.29) is 24.2 Å². The Morgan fingerprint density at radius 3 is 2.47 bits per heavy atom. The molecule has 2 rings (SSSR count). The minimum atomic E-state index is -3.15. The van der Waals surface area contributed by atoms with Gasteiger partial charge in [-0.25, -0.2) is 8.42 Å². The van der Waals surface area contributed by atoms with E-state index in [1.807, 2.05) is 0 Å². The fourth-order valence-electron chi connectivity index (χ4n) is 2.55. The molecule has 1 heterocycles. The molecule has 17 heavy (non-hydrogen) atoms. The molecule has 1 N–H and O–H groups in total. The Bertz CT molecular complexity index is 374. The summed E-state index contributed by atoms with van der Waals surface area (Å²) in [5.74, 6) is 0.0337. The smallest absolute Gasteiger partial charge is 0.235 e. The lowest BCUT2D eigenvalue weighted by Crippen LogP contribution is -2.43. The number of hydrogen-bond acceptors (Lipinski definition) is 3. The molecule has 1 saturated heterocycles. The van der Waals surface area contributed by atoms with Gasteiger partial charge in [0, 0.05) is 12.6 Å². The van der Waals surface area contributed by atoms with Crippen LogP contribution >= 0.6 is 0 Å². The second-order valence-corrected chi connectivity index (χ2v) is 6.99. The number of nitrogens with zero attached hydrogens (tertiary/aromatic N) is 1. The largest absolute Gasteiger partial charge is 0.352 e. The van der Waals surface area contributed by atoms with Gasteiger partial charge >= 0.3 is 0 Å². The van der Waals surface area contributed by atoms with Crippen molar-refractivity contribution in [2.24, 2.45) is 0 Å². The van der Waals surface area contributed by atoms with Crippen molar-refractivity contribution in [3.05, 3.63) is 0 Å². The molecule has 0 aromatic carbocycles. The third-order valence-electron chi connectivity index (χ3n) is 3.49. The minimum Gasteiger partial charge on any atom is -0.352 e. The van der Waals surface area contributed by atoms with E-state index in [9.17, 15) is 13.2 Å². The Morgan fingerprint density at radius 1 is 1.18 bits per heavy atom. The lowest BCUT2D eigenvalue weighted by atomic mass is 9.95. The summed E-state index contributed by atoms with van der Waals surface area (Å²) in [6.07, 6.45) is 6.25. The average molecular weight is 260 g/mol. The Labute approximate surface area is 103 Å². The summed E-state index contributed by atoms with van der Waals surface area (Å²) in [6, 6.07) is 0.251. The van der Waals surface area contributed by atoms with E-state index in [0.717, 1.165) is 25.7 Å². The second-order valence-electron chi connectivity index (χ2n) is 4.91. The molecule has 2 aliphatic rings. The first-order valence-corrected chi connectivity index (χ1v) is 7.96. The first-order valence-electron chi connectivity index (χ1n) is 6.35. The lowest BCUT2D eigenvalue weighted by Gasteiger charge is -2.23. The number of hydrogen-bond donors (Lipinski definition) is 1. The Hall–Kier alpha value is -0.620. The molecule has 6 heteroatoms. The normalized spacial score (nSPS) is 25.9. The monoisotopic (exact) mass is 260 g/mol. The zero-order valence-corrected chi connectivity index (χ0v) is 10.8. The van der Waals surface area contributed by atoms with Crippen molar-refractivity contribution >= 4 is 15.9 Å². The van der Waals surface area contributed by atoms with Gasteiger partial charge in [-0.15, -0.1) is 0 Å². The van der Waals surface area contributed by atoms with Gasteiger partial charge in [0.1, 0.15) is 0 Å². The summed E-state index contributed by atoms with van der Waals surface area (Å²) in [4.78, 5) is 11.7. The topological polar surface area (TPSA) is 66.5 Å². The van der Waals surface area contributed by atoms with Crippen LogP contribution < -0.4 is 5.32 Å². The first kappa shape index (κ1) is 12.8. The summed E-state index contributed by atoms with van der Waals surface area (Å²) < 4.78 is 24.4. The highest BCUT2D eigenvalue weighted by Crippen LogP contribution is 2.17. The fraction of sp³-hybridized carbons (Fsp3) is 0.909. The molecule has 0 radical (unpaired) electrons. The van der Waals surface area contributed by atoms with Crippen LogP contribution in [0.4, 0.5) is 0 Å². The number of sulfonamides is 1. The SMILES string of the molecule is O=C(CN1CCCS1(=O)=O)NC1CCCCC1. The summed E-state index contributed by atoms with van der Waals surface area (Å²) >= 11 is 0. The standard InChI is InChI=1S/C11H20N2O3S/c14-11(12-10-5-2-1-3-6-10)9-13-7-4-8-17(13,15)16/h10H,1-9H2,(H,12,14). The molecular formula is C11H20N2O3S. The number of nitrogens with one attached hydrogen (secondary N) is 1. The second kappa shape index (κ2) is 5.35. The molecule has 98 valence electrons. The predicted octanol–water partition coefficient (Wildman–Crippen LogP) is 0.471. The highest BCUT2D eigenvalue weighted by molar-refractivity contribution is 7.89. The highest BCUT2D eigenvalue weighted by atomic mass is 32.2. The van der Waals surface area contributed by atoms with E-state index < -0.39 is 10.0 Å². The van der Waals surface area contributed by atoms with Crippen molar-refractivity contribution in [1.82, 2.24) is 9.62 Å². The molecule has 0 aromatic rings. The maximum atomic E-state index is 11.7. The van der Waals surface area contributed by atoms with Crippen molar-refractivity contribution in [2.75, 3.05) is 18.8 Å². The van der Waals surface area contributed by atoms with Crippen LogP contribution in [0.5, 0.6) is 0 Å². The number of amides is 1. The van der Waals surface area contributed by atoms with Gasteiger partial charge in [0.25, 0.3) is 0 Å². The Balaban J connectivity index is 1.80. The average Bonchev–Trinajstić information content (AvgIpc) is 2.59. The highest BCUT2D eigenvalue weighted by Gasteiger charge is 2.30. The predicted molar refractivity (Wildman–Crippen MR) is 65.0 cm³/mol. The Kier molecular flexibility index (Phi) is 4.04. The zero-order valence-electron chi connectivity index (χ0n) is 10.0. The van der Waals surface area contributed by atoms with Crippen molar-refractivity contribution < 1.29 is 13.2 Å². The van der Waals surface area contributed by atoms with Gasteiger partial charge < -0.3 is 5.32 Å². The first-order chi connectivity index (χ1) is 8.08. The molecule has 2 fully saturated rings. The maximum absolute atomic E-state index is 11.7. The van der Waals surface area contributed by atoms with Gasteiger partial charge in [-0.05, 0) is 19.3 Å². The van der Waals surface area contributed by atoms with E-state index in [1.165, 1.54) is 10.7 Å². The molecular weight excluding hydrogens is 240 g/mol. The molecule has 1 amide bonds. The zero-order chi connectivity index (χ0) is 12.3. The van der Waals surface area contributed by atoms with Crippen LogP contribution in [0.1, 0.15) is 38.5 Å². The third kappa shape index (κ3) is 3.42. The maximum Gasteiger partial charge on any atom is 0.235 e. The molecule has 1 saturated carbocycles. The van der Waals surface area contributed by atoms with E-state index in [0.29, 0.717) is 13.0 Å². The van der Waals surface area contributed by atoms with Crippen LogP contribution in [-0.4, -0.2) is 43.5 Å². The van der Waals surface area contributed by atoms with Crippen LogP contribution in [0, 0.1) is 0 Å². The molecule has 1 aliphatic heterocycles. The van der Waals surface area contributed by atoms with Crippen molar-refractivity contribution in [3.8, 4) is 0 Å². The van der Waals surface area contributed by atoms with Crippen LogP contribution in [0.2, 0.25) is 0 Å². The van der Waals surface area contributed by atoms with Crippen LogP contribution in [-0.2, 0) is 14.8 Å². The van der Waals surface area contributed by atoms with E-state index in [4.69, 9.17) is 0 Å². The summed E-state index contributed by atoms with van der Waals surface area (Å²) in [5, 5.41) is 2.94. The van der Waals surface area contributed by atoms with Gasteiger partial charge in [-0.1, -0.05) is 19.3 Å². The minimum absolute atomic E-state index is 0.00116. The lowest BCUT2D eigenvalue weighted by molar-refractivity contribution is -0.122. The van der Waals surface area contributed by atoms with Crippen LogP contribution in [0.15, 0.2) is 0 Å². The van der Waals surface area contributed by atoms with E-state index in [2.05, 4.69) is 5.32 Å². The number of carbonyl (C=O) groups is 1. The number of rotatable bonds is 3. The molecule has 0 atom stereocenters. The fourth-order valence-corrected chi connectivity index (χ4v) is 4.02.